The Hall–Kier alpha value is -3.21. The topological polar surface area (TPSA) is 49.3 Å². The number of rotatable bonds is 4. The van der Waals surface area contributed by atoms with Gasteiger partial charge in [-0.1, -0.05) is 48.5 Å². The lowest BCUT2D eigenvalue weighted by Crippen LogP contribution is -2.44. The standard InChI is InChI=1S/C23H24N4O/c1-26(20-12-6-3-7-13-20)23(28)19-11-8-16-27(17-19)22-15-14-21(24-25-22)18-9-4-2-5-10-18/h2-7,9-10,12-15,19H,8,11,16-17H2,1H3. The average molecular weight is 372 g/mol. The first-order valence-corrected chi connectivity index (χ1v) is 9.69. The molecule has 5 heteroatoms. The molecule has 1 saturated heterocycles. The summed E-state index contributed by atoms with van der Waals surface area (Å²) >= 11 is 0. The van der Waals surface area contributed by atoms with Gasteiger partial charge in [-0.15, -0.1) is 10.2 Å². The Bertz CT molecular complexity index is 912. The fourth-order valence-corrected chi connectivity index (χ4v) is 3.70. The Balaban J connectivity index is 1.46. The van der Waals surface area contributed by atoms with Gasteiger partial charge in [-0.25, -0.2) is 0 Å². The van der Waals surface area contributed by atoms with E-state index in [1.165, 1.54) is 0 Å². The molecule has 0 N–H and O–H groups in total. The molecule has 0 bridgehead atoms. The van der Waals surface area contributed by atoms with Crippen molar-refractivity contribution in [2.45, 2.75) is 12.8 Å². The molecule has 1 unspecified atom stereocenters. The molecule has 1 fully saturated rings. The van der Waals surface area contributed by atoms with E-state index in [1.54, 1.807) is 4.90 Å². The number of piperidine rings is 1. The normalized spacial score (nSPS) is 16.6. The molecule has 0 radical (unpaired) electrons. The molecule has 2 aromatic carbocycles. The first kappa shape index (κ1) is 18.2. The number of carbonyl (C=O) groups excluding carboxylic acids is 1. The van der Waals surface area contributed by atoms with Gasteiger partial charge in [0.1, 0.15) is 0 Å². The van der Waals surface area contributed by atoms with Gasteiger partial charge in [0.05, 0.1) is 11.6 Å². The van der Waals surface area contributed by atoms with E-state index in [9.17, 15) is 4.79 Å². The number of amides is 1. The molecular weight excluding hydrogens is 348 g/mol. The molecule has 142 valence electrons. The van der Waals surface area contributed by atoms with Crippen molar-refractivity contribution in [3.63, 3.8) is 0 Å². The van der Waals surface area contributed by atoms with E-state index in [2.05, 4.69) is 15.1 Å². The highest BCUT2D eigenvalue weighted by Gasteiger charge is 2.29. The third kappa shape index (κ3) is 3.88. The monoisotopic (exact) mass is 372 g/mol. The van der Waals surface area contributed by atoms with Crippen LogP contribution in [0.4, 0.5) is 11.5 Å². The zero-order valence-electron chi connectivity index (χ0n) is 16.0. The molecule has 0 aliphatic carbocycles. The van der Waals surface area contributed by atoms with Crippen LogP contribution < -0.4 is 9.80 Å². The minimum absolute atomic E-state index is 0.0328. The molecule has 4 rings (SSSR count). The van der Waals surface area contributed by atoms with Crippen LogP contribution in [0, 0.1) is 5.92 Å². The largest absolute Gasteiger partial charge is 0.354 e. The van der Waals surface area contributed by atoms with Crippen molar-refractivity contribution in [3.8, 4) is 11.3 Å². The lowest BCUT2D eigenvalue weighted by Gasteiger charge is -2.34. The van der Waals surface area contributed by atoms with Gasteiger partial charge in [0.25, 0.3) is 0 Å². The Labute approximate surface area is 165 Å². The van der Waals surface area contributed by atoms with Gasteiger partial charge in [0.2, 0.25) is 5.91 Å². The van der Waals surface area contributed by atoms with E-state index in [0.717, 1.165) is 42.1 Å². The lowest BCUT2D eigenvalue weighted by molar-refractivity contribution is -0.122. The smallest absolute Gasteiger partial charge is 0.231 e. The summed E-state index contributed by atoms with van der Waals surface area (Å²) in [6, 6.07) is 23.8. The maximum atomic E-state index is 13.0. The summed E-state index contributed by atoms with van der Waals surface area (Å²) in [6.45, 7) is 1.58. The molecule has 1 amide bonds. The second kappa shape index (κ2) is 8.21. The number of hydrogen-bond acceptors (Lipinski definition) is 4. The van der Waals surface area contributed by atoms with Gasteiger partial charge in [-0.05, 0) is 37.1 Å². The van der Waals surface area contributed by atoms with Crippen molar-refractivity contribution in [1.29, 1.82) is 0 Å². The van der Waals surface area contributed by atoms with Crippen LogP contribution >= 0.6 is 0 Å². The predicted octanol–water partition coefficient (Wildman–Crippen LogP) is 4.02. The van der Waals surface area contributed by atoms with Gasteiger partial charge in [0, 0.05) is 31.4 Å². The highest BCUT2D eigenvalue weighted by Crippen LogP contribution is 2.25. The van der Waals surface area contributed by atoms with Gasteiger partial charge in [-0.2, -0.15) is 0 Å². The zero-order valence-corrected chi connectivity index (χ0v) is 16.0. The summed E-state index contributed by atoms with van der Waals surface area (Å²) in [4.78, 5) is 16.9. The van der Waals surface area contributed by atoms with E-state index in [0.29, 0.717) is 6.54 Å². The quantitative estimate of drug-likeness (QED) is 0.694. The molecule has 28 heavy (non-hydrogen) atoms. The first-order valence-electron chi connectivity index (χ1n) is 9.69. The molecular formula is C23H24N4O. The molecule has 3 aromatic rings. The van der Waals surface area contributed by atoms with Crippen LogP contribution in [0.3, 0.4) is 0 Å². The molecule has 1 aromatic heterocycles. The number of para-hydroxylation sites is 1. The van der Waals surface area contributed by atoms with E-state index in [-0.39, 0.29) is 11.8 Å². The number of aromatic nitrogens is 2. The second-order valence-corrected chi connectivity index (χ2v) is 7.16. The maximum Gasteiger partial charge on any atom is 0.231 e. The van der Waals surface area contributed by atoms with Crippen molar-refractivity contribution in [2.75, 3.05) is 29.9 Å². The Morgan fingerprint density at radius 2 is 1.68 bits per heavy atom. The van der Waals surface area contributed by atoms with Crippen LogP contribution in [0.25, 0.3) is 11.3 Å². The van der Waals surface area contributed by atoms with Crippen LogP contribution in [-0.4, -0.2) is 36.2 Å². The summed E-state index contributed by atoms with van der Waals surface area (Å²) in [6.07, 6.45) is 1.88. The summed E-state index contributed by atoms with van der Waals surface area (Å²) < 4.78 is 0. The second-order valence-electron chi connectivity index (χ2n) is 7.16. The average Bonchev–Trinajstić information content (AvgIpc) is 2.79. The molecule has 2 heterocycles. The van der Waals surface area contributed by atoms with Crippen molar-refractivity contribution < 1.29 is 4.79 Å². The van der Waals surface area contributed by atoms with Gasteiger partial charge in [-0.3, -0.25) is 4.79 Å². The third-order valence-corrected chi connectivity index (χ3v) is 5.29. The van der Waals surface area contributed by atoms with Crippen LogP contribution in [0.2, 0.25) is 0 Å². The van der Waals surface area contributed by atoms with Crippen molar-refractivity contribution in [1.82, 2.24) is 10.2 Å². The number of hydrogen-bond donors (Lipinski definition) is 0. The SMILES string of the molecule is CN(C(=O)C1CCCN(c2ccc(-c3ccccc3)nn2)C1)c1ccccc1. The molecule has 5 nitrogen and oxygen atoms in total. The van der Waals surface area contributed by atoms with Crippen LogP contribution in [0.15, 0.2) is 72.8 Å². The Morgan fingerprint density at radius 1 is 0.964 bits per heavy atom. The summed E-state index contributed by atoms with van der Waals surface area (Å²) in [5.41, 5.74) is 2.84. The van der Waals surface area contributed by atoms with E-state index in [1.807, 2.05) is 79.8 Å². The van der Waals surface area contributed by atoms with Crippen molar-refractivity contribution >= 4 is 17.4 Å². The van der Waals surface area contributed by atoms with Crippen molar-refractivity contribution in [2.24, 2.45) is 5.92 Å². The van der Waals surface area contributed by atoms with Crippen LogP contribution in [0.5, 0.6) is 0 Å². The first-order chi connectivity index (χ1) is 13.7. The van der Waals surface area contributed by atoms with Gasteiger partial charge < -0.3 is 9.80 Å². The number of benzene rings is 2. The number of nitrogens with zero attached hydrogens (tertiary/aromatic N) is 4. The minimum atomic E-state index is -0.0328. The minimum Gasteiger partial charge on any atom is -0.354 e. The fourth-order valence-electron chi connectivity index (χ4n) is 3.70. The highest BCUT2D eigenvalue weighted by atomic mass is 16.2. The van der Waals surface area contributed by atoms with Crippen LogP contribution in [0.1, 0.15) is 12.8 Å². The maximum absolute atomic E-state index is 13.0. The molecule has 0 spiro atoms. The van der Waals surface area contributed by atoms with Gasteiger partial charge >= 0.3 is 0 Å². The summed E-state index contributed by atoms with van der Waals surface area (Å²) in [7, 11) is 1.85. The number of anilines is 2. The Kier molecular flexibility index (Phi) is 5.33. The summed E-state index contributed by atoms with van der Waals surface area (Å²) in [5, 5.41) is 8.82. The van der Waals surface area contributed by atoms with Crippen LogP contribution in [-0.2, 0) is 4.79 Å². The molecule has 1 aliphatic heterocycles. The molecule has 1 atom stereocenters. The van der Waals surface area contributed by atoms with Gasteiger partial charge in [0.15, 0.2) is 5.82 Å². The third-order valence-electron chi connectivity index (χ3n) is 5.29. The van der Waals surface area contributed by atoms with E-state index in [4.69, 9.17) is 0 Å². The van der Waals surface area contributed by atoms with E-state index < -0.39 is 0 Å². The zero-order chi connectivity index (χ0) is 19.3. The summed E-state index contributed by atoms with van der Waals surface area (Å²) in [5.74, 6) is 0.957. The Morgan fingerprint density at radius 3 is 2.36 bits per heavy atom. The lowest BCUT2D eigenvalue weighted by atomic mass is 9.96. The van der Waals surface area contributed by atoms with E-state index >= 15 is 0 Å². The van der Waals surface area contributed by atoms with Crippen molar-refractivity contribution in [3.05, 3.63) is 72.8 Å². The molecule has 0 saturated carbocycles. The predicted molar refractivity (Wildman–Crippen MR) is 112 cm³/mol. The fraction of sp³-hybridized carbons (Fsp3) is 0.261. The molecule has 1 aliphatic rings. The highest BCUT2D eigenvalue weighted by molar-refractivity contribution is 5.95. The number of carbonyl (C=O) groups is 1.